The van der Waals surface area contributed by atoms with Crippen LogP contribution in [0.5, 0.6) is 5.88 Å². The van der Waals surface area contributed by atoms with Crippen molar-refractivity contribution in [2.45, 2.75) is 13.8 Å². The Morgan fingerprint density at radius 2 is 1.64 bits per heavy atom. The number of hydrogen-bond acceptors (Lipinski definition) is 4. The number of nitrogens with zero attached hydrogens (tertiary/aromatic N) is 3. The van der Waals surface area contributed by atoms with Crippen molar-refractivity contribution in [3.8, 4) is 11.6 Å². The van der Waals surface area contributed by atoms with Crippen LogP contribution in [-0.4, -0.2) is 26.5 Å². The van der Waals surface area contributed by atoms with Gasteiger partial charge in [-0.25, -0.2) is 4.68 Å². The topological polar surface area (TPSA) is 90.7 Å². The highest BCUT2D eigenvalue weighted by atomic mass is 16.3. The summed E-state index contributed by atoms with van der Waals surface area (Å²) in [5.74, 6) is -0.620. The highest BCUT2D eigenvalue weighted by Crippen LogP contribution is 2.26. The molecule has 0 unspecified atom stereocenters. The van der Waals surface area contributed by atoms with E-state index in [1.165, 1.54) is 15.8 Å². The fourth-order valence-electron chi connectivity index (χ4n) is 3.02. The number of carbonyl (C=O) groups excluding carboxylic acids is 1. The molecule has 2 aromatic carbocycles. The summed E-state index contributed by atoms with van der Waals surface area (Å²) in [5, 5.41) is 18.7. The third kappa shape index (κ3) is 2.92. The van der Waals surface area contributed by atoms with Gasteiger partial charge in [-0.15, -0.1) is 0 Å². The van der Waals surface area contributed by atoms with Crippen LogP contribution in [0.1, 0.15) is 18.1 Å². The minimum absolute atomic E-state index is 0.00777. The fraction of sp³-hybridized carbons (Fsp3) is 0.0952. The molecule has 0 saturated heterocycles. The number of aryl methyl sites for hydroxylation is 1. The molecule has 2 heterocycles. The summed E-state index contributed by atoms with van der Waals surface area (Å²) in [4.78, 5) is 25.2. The average Bonchev–Trinajstić information content (AvgIpc) is 3.14. The molecule has 1 aromatic heterocycles. The molecule has 28 heavy (non-hydrogen) atoms. The molecule has 1 aliphatic heterocycles. The van der Waals surface area contributed by atoms with E-state index in [4.69, 9.17) is 0 Å². The van der Waals surface area contributed by atoms with E-state index in [0.29, 0.717) is 17.1 Å². The fourth-order valence-corrected chi connectivity index (χ4v) is 3.02. The van der Waals surface area contributed by atoms with Crippen LogP contribution in [0.15, 0.2) is 70.1 Å². The number of hydrogen-bond donors (Lipinski definition) is 2. The lowest BCUT2D eigenvalue weighted by atomic mass is 10.1. The molecular weight excluding hydrogens is 356 g/mol. The van der Waals surface area contributed by atoms with Crippen molar-refractivity contribution in [2.24, 2.45) is 5.10 Å². The predicted octanol–water partition coefficient (Wildman–Crippen LogP) is 2.99. The lowest BCUT2D eigenvalue weighted by Gasteiger charge is -2.10. The van der Waals surface area contributed by atoms with Gasteiger partial charge in [0.2, 0.25) is 5.88 Å². The summed E-state index contributed by atoms with van der Waals surface area (Å²) in [6.07, 6.45) is 1.38. The Kier molecular flexibility index (Phi) is 4.19. The molecular formula is C21H18N4O3. The van der Waals surface area contributed by atoms with Crippen LogP contribution in [0.25, 0.3) is 11.8 Å². The number of aromatic amines is 1. The van der Waals surface area contributed by atoms with Gasteiger partial charge in [-0.3, -0.25) is 14.7 Å². The second-order valence-electron chi connectivity index (χ2n) is 6.55. The molecule has 0 fully saturated rings. The van der Waals surface area contributed by atoms with E-state index in [0.717, 1.165) is 5.56 Å². The standard InChI is InChI=1S/C21H18N4O3/c1-13-8-10-16(11-9-13)25-21(28)18(19(26)23-25)12-17-14(2)22-24(20(17)27)15-6-4-3-5-7-15/h3-12,28H,1-2H3,(H,23,26)/b17-12-. The average molecular weight is 374 g/mol. The zero-order valence-electron chi connectivity index (χ0n) is 15.4. The van der Waals surface area contributed by atoms with Crippen LogP contribution in [0.3, 0.4) is 0 Å². The summed E-state index contributed by atoms with van der Waals surface area (Å²) in [7, 11) is 0. The Morgan fingerprint density at radius 1 is 0.964 bits per heavy atom. The number of benzene rings is 2. The van der Waals surface area contributed by atoms with Gasteiger partial charge < -0.3 is 5.11 Å². The van der Waals surface area contributed by atoms with Gasteiger partial charge in [0, 0.05) is 0 Å². The Labute approximate surface area is 160 Å². The predicted molar refractivity (Wildman–Crippen MR) is 108 cm³/mol. The Hall–Kier alpha value is -3.87. The molecule has 0 aliphatic carbocycles. The first kappa shape index (κ1) is 17.5. The molecule has 3 aromatic rings. The lowest BCUT2D eigenvalue weighted by Crippen LogP contribution is -2.21. The maximum Gasteiger partial charge on any atom is 0.280 e. The van der Waals surface area contributed by atoms with Crippen LogP contribution in [-0.2, 0) is 4.79 Å². The van der Waals surface area contributed by atoms with Gasteiger partial charge in [-0.2, -0.15) is 10.1 Å². The summed E-state index contributed by atoms with van der Waals surface area (Å²) in [6.45, 7) is 3.64. The molecule has 0 atom stereocenters. The molecule has 0 spiro atoms. The largest absolute Gasteiger partial charge is 0.493 e. The van der Waals surface area contributed by atoms with Crippen LogP contribution in [0.4, 0.5) is 5.69 Å². The molecule has 4 rings (SSSR count). The molecule has 1 aliphatic rings. The SMILES string of the molecule is CC1=NN(c2ccccc2)C(=O)/C1=C\c1c(O)n(-c2ccc(C)cc2)[nH]c1=O. The number of H-pyrrole nitrogens is 1. The summed E-state index contributed by atoms with van der Waals surface area (Å²) < 4.78 is 1.29. The van der Waals surface area contributed by atoms with Gasteiger partial charge in [-0.05, 0) is 44.2 Å². The summed E-state index contributed by atoms with van der Waals surface area (Å²) >= 11 is 0. The van der Waals surface area contributed by atoms with Crippen LogP contribution >= 0.6 is 0 Å². The highest BCUT2D eigenvalue weighted by molar-refractivity contribution is 6.32. The van der Waals surface area contributed by atoms with Crippen molar-refractivity contribution >= 4 is 23.4 Å². The quantitative estimate of drug-likeness (QED) is 0.691. The summed E-state index contributed by atoms with van der Waals surface area (Å²) in [5.41, 5.74) is 2.54. The first-order valence-electron chi connectivity index (χ1n) is 8.73. The van der Waals surface area contributed by atoms with Gasteiger partial charge in [0.1, 0.15) is 5.56 Å². The monoisotopic (exact) mass is 374 g/mol. The number of nitrogens with one attached hydrogen (secondary N) is 1. The van der Waals surface area contributed by atoms with Crippen molar-refractivity contribution in [2.75, 3.05) is 5.01 Å². The minimum atomic E-state index is -0.496. The zero-order chi connectivity index (χ0) is 19.8. The number of aromatic hydroxyl groups is 1. The van der Waals surface area contributed by atoms with Gasteiger partial charge in [-0.1, -0.05) is 35.9 Å². The number of anilines is 1. The summed E-state index contributed by atoms with van der Waals surface area (Å²) in [6, 6.07) is 16.3. The molecule has 1 amide bonds. The number of para-hydroxylation sites is 1. The van der Waals surface area contributed by atoms with E-state index in [1.54, 1.807) is 31.2 Å². The molecule has 0 bridgehead atoms. The zero-order valence-corrected chi connectivity index (χ0v) is 15.4. The van der Waals surface area contributed by atoms with Gasteiger partial charge >= 0.3 is 0 Å². The highest BCUT2D eigenvalue weighted by Gasteiger charge is 2.29. The number of hydrazone groups is 1. The van der Waals surface area contributed by atoms with E-state index < -0.39 is 5.56 Å². The molecule has 140 valence electrons. The van der Waals surface area contributed by atoms with Gasteiger partial charge in [0.25, 0.3) is 11.5 Å². The maximum atomic E-state index is 12.8. The normalized spacial score (nSPS) is 15.4. The van der Waals surface area contributed by atoms with E-state index in [1.807, 2.05) is 37.3 Å². The molecule has 7 nitrogen and oxygen atoms in total. The second-order valence-corrected chi connectivity index (χ2v) is 6.55. The third-order valence-corrected chi connectivity index (χ3v) is 4.55. The van der Waals surface area contributed by atoms with Crippen molar-refractivity contribution < 1.29 is 9.90 Å². The first-order valence-corrected chi connectivity index (χ1v) is 8.73. The van der Waals surface area contributed by atoms with E-state index in [-0.39, 0.29) is 22.9 Å². The Bertz CT molecular complexity index is 1170. The van der Waals surface area contributed by atoms with Crippen molar-refractivity contribution in [1.82, 2.24) is 9.78 Å². The van der Waals surface area contributed by atoms with Crippen molar-refractivity contribution in [3.05, 3.63) is 81.7 Å². The van der Waals surface area contributed by atoms with Crippen LogP contribution in [0, 0.1) is 6.92 Å². The van der Waals surface area contributed by atoms with Gasteiger partial charge in [0.15, 0.2) is 0 Å². The minimum Gasteiger partial charge on any atom is -0.493 e. The number of rotatable bonds is 3. The molecule has 0 saturated carbocycles. The van der Waals surface area contributed by atoms with Crippen LogP contribution < -0.4 is 10.6 Å². The lowest BCUT2D eigenvalue weighted by molar-refractivity contribution is -0.114. The molecule has 2 N–H and O–H groups in total. The van der Waals surface area contributed by atoms with E-state index >= 15 is 0 Å². The number of carbonyl (C=O) groups is 1. The number of aromatic nitrogens is 2. The van der Waals surface area contributed by atoms with Crippen molar-refractivity contribution in [1.29, 1.82) is 0 Å². The molecule has 7 heteroatoms. The Morgan fingerprint density at radius 3 is 2.32 bits per heavy atom. The first-order chi connectivity index (χ1) is 13.5. The smallest absolute Gasteiger partial charge is 0.280 e. The molecule has 0 radical (unpaired) electrons. The van der Waals surface area contributed by atoms with E-state index in [9.17, 15) is 14.7 Å². The van der Waals surface area contributed by atoms with Crippen molar-refractivity contribution in [3.63, 3.8) is 0 Å². The third-order valence-electron chi connectivity index (χ3n) is 4.55. The maximum absolute atomic E-state index is 12.8. The van der Waals surface area contributed by atoms with E-state index in [2.05, 4.69) is 10.2 Å². The van der Waals surface area contributed by atoms with Crippen LogP contribution in [0.2, 0.25) is 0 Å². The number of amides is 1. The second kappa shape index (κ2) is 6.70. The Balaban J connectivity index is 1.74. The van der Waals surface area contributed by atoms with Gasteiger partial charge in [0.05, 0.1) is 22.7 Å².